The van der Waals surface area contributed by atoms with Crippen LogP contribution in [0.1, 0.15) is 36.8 Å². The van der Waals surface area contributed by atoms with Crippen LogP contribution in [0.25, 0.3) is 0 Å². The van der Waals surface area contributed by atoms with Crippen molar-refractivity contribution in [2.24, 2.45) is 5.73 Å². The molecule has 2 heteroatoms. The molecule has 0 saturated carbocycles. The van der Waals surface area contributed by atoms with E-state index in [0.717, 1.165) is 12.0 Å². The topological polar surface area (TPSA) is 43.1 Å². The lowest BCUT2D eigenvalue weighted by Gasteiger charge is -2.17. The van der Waals surface area contributed by atoms with Gasteiger partial charge in [-0.1, -0.05) is 67.6 Å². The van der Waals surface area contributed by atoms with E-state index in [2.05, 4.69) is 19.1 Å². The third-order valence-electron chi connectivity index (χ3n) is 3.92. The molecule has 0 aliphatic carbocycles. The van der Waals surface area contributed by atoms with E-state index in [1.165, 1.54) is 5.56 Å². The summed E-state index contributed by atoms with van der Waals surface area (Å²) in [6.07, 6.45) is 2.09. The van der Waals surface area contributed by atoms with Gasteiger partial charge in [0.1, 0.15) is 5.78 Å². The summed E-state index contributed by atoms with van der Waals surface area (Å²) in [6, 6.07) is 19.8. The average molecular weight is 281 g/mol. The third kappa shape index (κ3) is 4.54. The quantitative estimate of drug-likeness (QED) is 0.840. The van der Waals surface area contributed by atoms with Crippen LogP contribution < -0.4 is 5.73 Å². The molecule has 0 saturated heterocycles. The Bertz CT molecular complexity index is 550. The van der Waals surface area contributed by atoms with E-state index >= 15 is 0 Å². The normalized spacial score (nSPS) is 13.6. The van der Waals surface area contributed by atoms with E-state index in [-0.39, 0.29) is 11.7 Å². The van der Waals surface area contributed by atoms with Crippen molar-refractivity contribution in [1.82, 2.24) is 0 Å². The van der Waals surface area contributed by atoms with Crippen molar-refractivity contribution in [2.45, 2.75) is 38.1 Å². The molecular weight excluding hydrogens is 258 g/mol. The number of nitrogens with two attached hydrogens (primary N) is 1. The Morgan fingerprint density at radius 1 is 1.00 bits per heavy atom. The molecule has 21 heavy (non-hydrogen) atoms. The van der Waals surface area contributed by atoms with Crippen LogP contribution in [-0.4, -0.2) is 11.8 Å². The molecule has 2 aromatic carbocycles. The molecule has 0 heterocycles. The van der Waals surface area contributed by atoms with E-state index < -0.39 is 6.04 Å². The summed E-state index contributed by atoms with van der Waals surface area (Å²) in [5, 5.41) is 0. The Morgan fingerprint density at radius 2 is 1.57 bits per heavy atom. The number of carbonyl (C=O) groups excluding carboxylic acids is 1. The fourth-order valence-corrected chi connectivity index (χ4v) is 2.60. The number of carbonyl (C=O) groups is 1. The van der Waals surface area contributed by atoms with Crippen LogP contribution in [0, 0.1) is 0 Å². The van der Waals surface area contributed by atoms with Crippen LogP contribution in [0.5, 0.6) is 0 Å². The molecular formula is C19H23NO. The zero-order valence-corrected chi connectivity index (χ0v) is 12.5. The second kappa shape index (κ2) is 7.75. The highest BCUT2D eigenvalue weighted by Crippen LogP contribution is 2.24. The lowest BCUT2D eigenvalue weighted by molar-refractivity contribution is -0.120. The lowest BCUT2D eigenvalue weighted by atomic mass is 9.88. The van der Waals surface area contributed by atoms with Crippen molar-refractivity contribution in [2.75, 3.05) is 0 Å². The van der Waals surface area contributed by atoms with Gasteiger partial charge in [-0.15, -0.1) is 0 Å². The fourth-order valence-electron chi connectivity index (χ4n) is 2.60. The van der Waals surface area contributed by atoms with Gasteiger partial charge in [0.2, 0.25) is 0 Å². The first-order chi connectivity index (χ1) is 10.2. The van der Waals surface area contributed by atoms with Crippen molar-refractivity contribution in [3.8, 4) is 0 Å². The molecule has 110 valence electrons. The van der Waals surface area contributed by atoms with Gasteiger partial charge >= 0.3 is 0 Å². The summed E-state index contributed by atoms with van der Waals surface area (Å²) in [6.45, 7) is 2.12. The van der Waals surface area contributed by atoms with Gasteiger partial charge in [0.25, 0.3) is 0 Å². The highest BCUT2D eigenvalue weighted by Gasteiger charge is 2.19. The summed E-state index contributed by atoms with van der Waals surface area (Å²) in [4.78, 5) is 12.4. The van der Waals surface area contributed by atoms with Crippen molar-refractivity contribution in [3.05, 3.63) is 71.8 Å². The Hall–Kier alpha value is -1.93. The Kier molecular flexibility index (Phi) is 5.70. The maximum Gasteiger partial charge on any atom is 0.150 e. The van der Waals surface area contributed by atoms with Crippen molar-refractivity contribution >= 4 is 5.78 Å². The standard InChI is InChI=1S/C19H23NO/c1-2-16(17-11-7-4-8-12-17)14-19(21)18(20)13-15-9-5-3-6-10-15/h3-12,16,18H,2,13-14,20H2,1H3/t16-,18+/m0/s1. The summed E-state index contributed by atoms with van der Waals surface area (Å²) in [5.41, 5.74) is 8.42. The first-order valence-corrected chi connectivity index (χ1v) is 7.58. The predicted octanol–water partition coefficient (Wildman–Crippen LogP) is 3.71. The van der Waals surface area contributed by atoms with E-state index in [1.807, 2.05) is 48.5 Å². The smallest absolute Gasteiger partial charge is 0.150 e. The molecule has 0 unspecified atom stereocenters. The number of benzene rings is 2. The zero-order chi connectivity index (χ0) is 15.1. The van der Waals surface area contributed by atoms with Crippen molar-refractivity contribution < 1.29 is 4.79 Å². The van der Waals surface area contributed by atoms with Gasteiger partial charge in [-0.25, -0.2) is 0 Å². The van der Waals surface area contributed by atoms with Crippen LogP contribution in [0.4, 0.5) is 0 Å². The summed E-state index contributed by atoms with van der Waals surface area (Å²) >= 11 is 0. The molecule has 2 N–H and O–H groups in total. The van der Waals surface area contributed by atoms with Gasteiger partial charge in [-0.05, 0) is 29.9 Å². The zero-order valence-electron chi connectivity index (χ0n) is 12.5. The molecule has 2 nitrogen and oxygen atoms in total. The molecule has 0 spiro atoms. The van der Waals surface area contributed by atoms with Gasteiger partial charge in [0, 0.05) is 6.42 Å². The molecule has 0 aromatic heterocycles. The first kappa shape index (κ1) is 15.5. The molecule has 0 amide bonds. The van der Waals surface area contributed by atoms with E-state index in [1.54, 1.807) is 0 Å². The molecule has 0 aliphatic rings. The summed E-state index contributed by atoms with van der Waals surface area (Å²) in [5.74, 6) is 0.412. The molecule has 2 atom stereocenters. The summed E-state index contributed by atoms with van der Waals surface area (Å²) < 4.78 is 0. The van der Waals surface area contributed by atoms with Gasteiger partial charge in [-0.3, -0.25) is 4.79 Å². The van der Waals surface area contributed by atoms with Gasteiger partial charge < -0.3 is 5.73 Å². The molecule has 0 aliphatic heterocycles. The maximum absolute atomic E-state index is 12.4. The van der Waals surface area contributed by atoms with Gasteiger partial charge in [0.15, 0.2) is 0 Å². The Balaban J connectivity index is 1.96. The second-order valence-electron chi connectivity index (χ2n) is 5.48. The van der Waals surface area contributed by atoms with Crippen LogP contribution in [-0.2, 0) is 11.2 Å². The lowest BCUT2D eigenvalue weighted by Crippen LogP contribution is -2.33. The average Bonchev–Trinajstić information content (AvgIpc) is 2.54. The van der Waals surface area contributed by atoms with E-state index in [9.17, 15) is 4.79 Å². The second-order valence-corrected chi connectivity index (χ2v) is 5.48. The third-order valence-corrected chi connectivity index (χ3v) is 3.92. The molecule has 2 aromatic rings. The van der Waals surface area contributed by atoms with Gasteiger partial charge in [0.05, 0.1) is 6.04 Å². The SMILES string of the molecule is CC[C@@H](CC(=O)[C@H](N)Cc1ccccc1)c1ccccc1. The number of hydrogen-bond acceptors (Lipinski definition) is 2. The van der Waals surface area contributed by atoms with Crippen LogP contribution >= 0.6 is 0 Å². The predicted molar refractivity (Wildman–Crippen MR) is 87.2 cm³/mol. The molecule has 0 bridgehead atoms. The largest absolute Gasteiger partial charge is 0.321 e. The number of hydrogen-bond donors (Lipinski definition) is 1. The minimum absolute atomic E-state index is 0.148. The minimum atomic E-state index is -0.412. The molecule has 0 fully saturated rings. The van der Waals surface area contributed by atoms with Gasteiger partial charge in [-0.2, -0.15) is 0 Å². The van der Waals surface area contributed by atoms with Crippen LogP contribution in [0.15, 0.2) is 60.7 Å². The summed E-state index contributed by atoms with van der Waals surface area (Å²) in [7, 11) is 0. The Labute approximate surface area is 127 Å². The van der Waals surface area contributed by atoms with Crippen LogP contribution in [0.3, 0.4) is 0 Å². The van der Waals surface area contributed by atoms with E-state index in [0.29, 0.717) is 12.8 Å². The molecule has 2 rings (SSSR count). The van der Waals surface area contributed by atoms with Crippen LogP contribution in [0.2, 0.25) is 0 Å². The number of Topliss-reactive ketones (excluding diaryl/α,β-unsaturated/α-hetero) is 1. The maximum atomic E-state index is 12.4. The fraction of sp³-hybridized carbons (Fsp3) is 0.316. The number of rotatable bonds is 7. The monoisotopic (exact) mass is 281 g/mol. The minimum Gasteiger partial charge on any atom is -0.321 e. The number of ketones is 1. The Morgan fingerprint density at radius 3 is 2.14 bits per heavy atom. The van der Waals surface area contributed by atoms with Crippen molar-refractivity contribution in [3.63, 3.8) is 0 Å². The molecule has 0 radical (unpaired) electrons. The van der Waals surface area contributed by atoms with E-state index in [4.69, 9.17) is 5.73 Å². The highest BCUT2D eigenvalue weighted by atomic mass is 16.1. The first-order valence-electron chi connectivity index (χ1n) is 7.58. The highest BCUT2D eigenvalue weighted by molar-refractivity contribution is 5.84. The van der Waals surface area contributed by atoms with Crippen molar-refractivity contribution in [1.29, 1.82) is 0 Å².